The third-order valence-electron chi connectivity index (χ3n) is 3.82. The summed E-state index contributed by atoms with van der Waals surface area (Å²) in [5.74, 6) is 0.801. The molecular formula is C19H14N2O2S2. The molecule has 6 heteroatoms. The molecule has 0 saturated carbocycles. The first-order valence-corrected chi connectivity index (χ1v) is 9.38. The Morgan fingerprint density at radius 3 is 2.72 bits per heavy atom. The van der Waals surface area contributed by atoms with Crippen LogP contribution in [-0.2, 0) is 0 Å². The van der Waals surface area contributed by atoms with Crippen LogP contribution in [0.1, 0.15) is 15.4 Å². The van der Waals surface area contributed by atoms with Crippen LogP contribution in [0.15, 0.2) is 59.4 Å². The maximum atomic E-state index is 12.3. The number of hydrogen-bond donors (Lipinski definition) is 0. The Morgan fingerprint density at radius 1 is 1.16 bits per heavy atom. The molecule has 3 aromatic heterocycles. The van der Waals surface area contributed by atoms with Gasteiger partial charge in [0, 0.05) is 17.1 Å². The minimum atomic E-state index is 0.000797. The summed E-state index contributed by atoms with van der Waals surface area (Å²) >= 11 is 3.01. The summed E-state index contributed by atoms with van der Waals surface area (Å²) in [5, 5.41) is 3.89. The van der Waals surface area contributed by atoms with E-state index >= 15 is 0 Å². The summed E-state index contributed by atoms with van der Waals surface area (Å²) in [5.41, 5.74) is 2.73. The zero-order chi connectivity index (χ0) is 17.2. The van der Waals surface area contributed by atoms with Crippen molar-refractivity contribution in [2.24, 2.45) is 0 Å². The second-order valence-electron chi connectivity index (χ2n) is 5.30. The van der Waals surface area contributed by atoms with Gasteiger partial charge in [0.05, 0.1) is 23.4 Å². The van der Waals surface area contributed by atoms with Crippen molar-refractivity contribution >= 4 is 39.5 Å². The molecule has 0 fully saturated rings. The van der Waals surface area contributed by atoms with Gasteiger partial charge in [0.2, 0.25) is 0 Å². The molecule has 3 heterocycles. The number of methoxy groups -OCH3 is 1. The maximum Gasteiger partial charge on any atom is 0.195 e. The molecule has 0 amide bonds. The Balaban J connectivity index is 1.76. The molecule has 4 nitrogen and oxygen atoms in total. The van der Waals surface area contributed by atoms with E-state index in [0.29, 0.717) is 0 Å². The van der Waals surface area contributed by atoms with Crippen molar-refractivity contribution in [2.45, 2.75) is 0 Å². The number of carbonyl (C=O) groups is 1. The number of fused-ring (bicyclic) bond motifs is 1. The van der Waals surface area contributed by atoms with Crippen molar-refractivity contribution in [3.63, 3.8) is 0 Å². The van der Waals surface area contributed by atoms with E-state index < -0.39 is 0 Å². The number of rotatable bonds is 5. The first-order chi connectivity index (χ1) is 12.3. The molecule has 0 atom stereocenters. The summed E-state index contributed by atoms with van der Waals surface area (Å²) in [6.45, 7) is 0. The highest BCUT2D eigenvalue weighted by Gasteiger charge is 2.13. The van der Waals surface area contributed by atoms with Gasteiger partial charge in [-0.05, 0) is 47.9 Å². The topological polar surface area (TPSA) is 43.6 Å². The van der Waals surface area contributed by atoms with Crippen molar-refractivity contribution in [1.29, 1.82) is 0 Å². The van der Waals surface area contributed by atoms with Crippen LogP contribution < -0.4 is 4.74 Å². The van der Waals surface area contributed by atoms with Crippen molar-refractivity contribution in [1.82, 2.24) is 9.38 Å². The number of thiazole rings is 1. The smallest absolute Gasteiger partial charge is 0.195 e. The number of carbonyl (C=O) groups excluding carboxylic acids is 1. The second kappa shape index (κ2) is 6.66. The Bertz CT molecular complexity index is 1040. The lowest BCUT2D eigenvalue weighted by molar-refractivity contribution is 0.105. The molecule has 124 valence electrons. The zero-order valence-corrected chi connectivity index (χ0v) is 15.0. The van der Waals surface area contributed by atoms with E-state index in [2.05, 4.69) is 0 Å². The third kappa shape index (κ3) is 3.01. The van der Waals surface area contributed by atoms with E-state index in [1.807, 2.05) is 63.8 Å². The molecule has 0 aliphatic rings. The Hall–Kier alpha value is -2.70. The molecule has 0 aliphatic carbocycles. The molecule has 0 aliphatic heterocycles. The van der Waals surface area contributed by atoms with Crippen LogP contribution in [0.3, 0.4) is 0 Å². The van der Waals surface area contributed by atoms with Crippen molar-refractivity contribution in [2.75, 3.05) is 7.11 Å². The van der Waals surface area contributed by atoms with Gasteiger partial charge in [0.1, 0.15) is 5.75 Å². The Labute approximate surface area is 152 Å². The van der Waals surface area contributed by atoms with Gasteiger partial charge in [-0.2, -0.15) is 0 Å². The van der Waals surface area contributed by atoms with Crippen LogP contribution in [0.4, 0.5) is 0 Å². The Morgan fingerprint density at radius 2 is 2.00 bits per heavy atom. The fourth-order valence-electron chi connectivity index (χ4n) is 2.58. The minimum Gasteiger partial charge on any atom is -0.497 e. The average Bonchev–Trinajstić information content (AvgIpc) is 3.37. The molecule has 0 bridgehead atoms. The van der Waals surface area contributed by atoms with Crippen LogP contribution in [0.2, 0.25) is 0 Å². The number of aromatic nitrogens is 2. The normalized spacial score (nSPS) is 11.4. The average molecular weight is 366 g/mol. The fourth-order valence-corrected chi connectivity index (χ4v) is 3.95. The zero-order valence-electron chi connectivity index (χ0n) is 13.4. The summed E-state index contributed by atoms with van der Waals surface area (Å²) < 4.78 is 7.22. The predicted octanol–water partition coefficient (Wildman–Crippen LogP) is 5.03. The van der Waals surface area contributed by atoms with Crippen LogP contribution >= 0.6 is 22.7 Å². The second-order valence-corrected chi connectivity index (χ2v) is 7.13. The standard InChI is InChI=1S/C19H14N2O2S2/c1-23-14-6-4-13(5-7-14)18-15(21-10-12-25-19(21)20-18)8-9-16(22)17-3-2-11-24-17/h2-12H,1H3/b9-8+. The highest BCUT2D eigenvalue weighted by molar-refractivity contribution is 7.15. The van der Waals surface area contributed by atoms with E-state index in [-0.39, 0.29) is 5.78 Å². The van der Waals surface area contributed by atoms with Gasteiger partial charge in [-0.3, -0.25) is 9.20 Å². The molecule has 4 rings (SSSR count). The Kier molecular flexibility index (Phi) is 4.21. The lowest BCUT2D eigenvalue weighted by atomic mass is 10.1. The third-order valence-corrected chi connectivity index (χ3v) is 5.46. The molecule has 0 radical (unpaired) electrons. The van der Waals surface area contributed by atoms with E-state index in [1.165, 1.54) is 11.3 Å². The van der Waals surface area contributed by atoms with Gasteiger partial charge in [-0.25, -0.2) is 4.98 Å². The highest BCUT2D eigenvalue weighted by Crippen LogP contribution is 2.29. The number of nitrogens with zero attached hydrogens (tertiary/aromatic N) is 2. The van der Waals surface area contributed by atoms with Crippen LogP contribution in [-0.4, -0.2) is 22.3 Å². The summed E-state index contributed by atoms with van der Waals surface area (Å²) in [7, 11) is 1.64. The number of imidazole rings is 1. The molecule has 0 saturated heterocycles. The lowest BCUT2D eigenvalue weighted by Crippen LogP contribution is -1.91. The number of thiophene rings is 1. The maximum absolute atomic E-state index is 12.3. The van der Waals surface area contributed by atoms with Gasteiger partial charge in [-0.15, -0.1) is 22.7 Å². The molecule has 0 N–H and O–H groups in total. The van der Waals surface area contributed by atoms with E-state index in [1.54, 1.807) is 24.5 Å². The van der Waals surface area contributed by atoms with Crippen LogP contribution in [0.25, 0.3) is 22.3 Å². The molecular weight excluding hydrogens is 352 g/mol. The van der Waals surface area contributed by atoms with Gasteiger partial charge < -0.3 is 4.74 Å². The SMILES string of the molecule is COc1ccc(-c2nc3sccn3c2/C=C/C(=O)c2cccs2)cc1. The van der Waals surface area contributed by atoms with Gasteiger partial charge in [0.15, 0.2) is 10.7 Å². The van der Waals surface area contributed by atoms with E-state index in [9.17, 15) is 4.79 Å². The van der Waals surface area contributed by atoms with Crippen molar-refractivity contribution < 1.29 is 9.53 Å². The first-order valence-electron chi connectivity index (χ1n) is 7.62. The number of benzene rings is 1. The molecule has 1 aromatic carbocycles. The summed E-state index contributed by atoms with van der Waals surface area (Å²) in [6.07, 6.45) is 5.42. The predicted molar refractivity (Wildman–Crippen MR) is 103 cm³/mol. The van der Waals surface area contributed by atoms with Gasteiger partial charge in [-0.1, -0.05) is 6.07 Å². The summed E-state index contributed by atoms with van der Waals surface area (Å²) in [6, 6.07) is 11.5. The van der Waals surface area contributed by atoms with E-state index in [0.717, 1.165) is 32.5 Å². The molecule has 0 spiro atoms. The highest BCUT2D eigenvalue weighted by atomic mass is 32.1. The van der Waals surface area contributed by atoms with Crippen molar-refractivity contribution in [3.05, 3.63) is 70.0 Å². The first kappa shape index (κ1) is 15.8. The molecule has 4 aromatic rings. The number of hydrogen-bond acceptors (Lipinski definition) is 5. The van der Waals surface area contributed by atoms with Gasteiger partial charge in [0.25, 0.3) is 0 Å². The van der Waals surface area contributed by atoms with Crippen molar-refractivity contribution in [3.8, 4) is 17.0 Å². The number of ether oxygens (including phenoxy) is 1. The number of allylic oxidation sites excluding steroid dienone is 1. The number of ketones is 1. The quantitative estimate of drug-likeness (QED) is 0.367. The molecule has 0 unspecified atom stereocenters. The lowest BCUT2D eigenvalue weighted by Gasteiger charge is -2.02. The summed E-state index contributed by atoms with van der Waals surface area (Å²) in [4.78, 5) is 18.6. The largest absolute Gasteiger partial charge is 0.497 e. The molecule has 25 heavy (non-hydrogen) atoms. The fraction of sp³-hybridized carbons (Fsp3) is 0.0526. The van der Waals surface area contributed by atoms with Crippen LogP contribution in [0, 0.1) is 0 Å². The van der Waals surface area contributed by atoms with Gasteiger partial charge >= 0.3 is 0 Å². The van der Waals surface area contributed by atoms with E-state index in [4.69, 9.17) is 9.72 Å². The minimum absolute atomic E-state index is 0.000797. The monoisotopic (exact) mass is 366 g/mol. The van der Waals surface area contributed by atoms with Crippen LogP contribution in [0.5, 0.6) is 5.75 Å².